The van der Waals surface area contributed by atoms with Gasteiger partial charge in [-0.2, -0.15) is 0 Å². The second-order valence-electron chi connectivity index (χ2n) is 8.27. The average molecular weight is 463 g/mol. The number of fused-ring (bicyclic) bond motifs is 1. The summed E-state index contributed by atoms with van der Waals surface area (Å²) in [6, 6.07) is 21.1. The van der Waals surface area contributed by atoms with Crippen LogP contribution >= 0.6 is 11.6 Å². The number of benzene rings is 3. The van der Waals surface area contributed by atoms with Gasteiger partial charge in [0.05, 0.1) is 6.54 Å². The third-order valence-corrected chi connectivity index (χ3v) is 6.35. The quantitative estimate of drug-likeness (QED) is 0.555. The van der Waals surface area contributed by atoms with Crippen LogP contribution in [0.2, 0.25) is 5.02 Å². The second-order valence-corrected chi connectivity index (χ2v) is 8.68. The molecule has 0 fully saturated rings. The van der Waals surface area contributed by atoms with Gasteiger partial charge in [0, 0.05) is 36.0 Å². The van der Waals surface area contributed by atoms with E-state index in [9.17, 15) is 9.59 Å². The molecule has 1 aliphatic heterocycles. The Kier molecular flexibility index (Phi) is 6.84. The van der Waals surface area contributed by atoms with Crippen LogP contribution in [0.1, 0.15) is 22.3 Å². The molecule has 170 valence electrons. The minimum absolute atomic E-state index is 0.0786. The monoisotopic (exact) mass is 462 g/mol. The van der Waals surface area contributed by atoms with Crippen molar-refractivity contribution in [2.45, 2.75) is 26.4 Å². The summed E-state index contributed by atoms with van der Waals surface area (Å²) in [5.41, 5.74) is 11.4. The minimum atomic E-state index is -0.415. The van der Waals surface area contributed by atoms with Gasteiger partial charge in [-0.3, -0.25) is 4.79 Å². The first-order chi connectivity index (χ1) is 15.9. The third-order valence-electron chi connectivity index (χ3n) is 5.94. The molecule has 1 heterocycles. The van der Waals surface area contributed by atoms with Crippen LogP contribution in [0.5, 0.6) is 0 Å². The number of nitrogens with zero attached hydrogens (tertiary/aromatic N) is 2. The third kappa shape index (κ3) is 5.46. The van der Waals surface area contributed by atoms with Crippen LogP contribution in [0.4, 0.5) is 16.2 Å². The minimum Gasteiger partial charge on any atom is -0.368 e. The van der Waals surface area contributed by atoms with Gasteiger partial charge in [0.2, 0.25) is 5.91 Å². The maximum absolute atomic E-state index is 13.0. The van der Waals surface area contributed by atoms with Crippen molar-refractivity contribution in [3.8, 4) is 0 Å². The number of nitrogens with one attached hydrogen (secondary N) is 1. The smallest absolute Gasteiger partial charge is 0.322 e. The molecule has 0 unspecified atom stereocenters. The molecule has 0 atom stereocenters. The van der Waals surface area contributed by atoms with Gasteiger partial charge in [-0.15, -0.1) is 0 Å². The molecule has 7 heteroatoms. The van der Waals surface area contributed by atoms with Crippen molar-refractivity contribution in [2.24, 2.45) is 5.73 Å². The fourth-order valence-corrected chi connectivity index (χ4v) is 4.33. The summed E-state index contributed by atoms with van der Waals surface area (Å²) in [5.74, 6) is -0.415. The predicted molar refractivity (Wildman–Crippen MR) is 132 cm³/mol. The number of carbonyl (C=O) groups excluding carboxylic acids is 2. The van der Waals surface area contributed by atoms with Crippen molar-refractivity contribution in [1.29, 1.82) is 0 Å². The van der Waals surface area contributed by atoms with Gasteiger partial charge in [-0.25, -0.2) is 4.79 Å². The number of urea groups is 1. The fourth-order valence-electron chi connectivity index (χ4n) is 4.15. The molecule has 0 radical (unpaired) electrons. The molecule has 33 heavy (non-hydrogen) atoms. The first-order valence-electron chi connectivity index (χ1n) is 10.9. The zero-order chi connectivity index (χ0) is 23.4. The van der Waals surface area contributed by atoms with E-state index in [0.717, 1.165) is 33.8 Å². The Morgan fingerprint density at radius 3 is 2.64 bits per heavy atom. The summed E-state index contributed by atoms with van der Waals surface area (Å²) in [7, 11) is 0. The predicted octanol–water partition coefficient (Wildman–Crippen LogP) is 4.73. The first-order valence-corrected chi connectivity index (χ1v) is 11.3. The summed E-state index contributed by atoms with van der Waals surface area (Å²) < 4.78 is 0. The maximum atomic E-state index is 13.0. The lowest BCUT2D eigenvalue weighted by molar-refractivity contribution is -0.116. The van der Waals surface area contributed by atoms with E-state index in [1.54, 1.807) is 4.90 Å². The Labute approximate surface area is 198 Å². The molecule has 3 amide bonds. The first kappa shape index (κ1) is 22.7. The molecular formula is C26H27ClN4O2. The van der Waals surface area contributed by atoms with E-state index in [0.29, 0.717) is 25.3 Å². The number of carbonyl (C=O) groups is 2. The van der Waals surface area contributed by atoms with Crippen molar-refractivity contribution in [2.75, 3.05) is 23.3 Å². The molecule has 4 rings (SSSR count). The number of halogens is 1. The Balaban J connectivity index is 1.49. The number of hydrogen-bond donors (Lipinski definition) is 2. The summed E-state index contributed by atoms with van der Waals surface area (Å²) >= 11 is 6.29. The van der Waals surface area contributed by atoms with E-state index in [-0.39, 0.29) is 12.6 Å². The van der Waals surface area contributed by atoms with Gasteiger partial charge in [0.15, 0.2) is 0 Å². The highest BCUT2D eigenvalue weighted by Gasteiger charge is 2.23. The number of primary amides is 1. The molecule has 0 aromatic heterocycles. The molecular weight excluding hydrogens is 436 g/mol. The van der Waals surface area contributed by atoms with Gasteiger partial charge in [0.1, 0.15) is 0 Å². The van der Waals surface area contributed by atoms with E-state index in [4.69, 9.17) is 17.3 Å². The highest BCUT2D eigenvalue weighted by atomic mass is 35.5. The fraction of sp³-hybridized carbons (Fsp3) is 0.231. The summed E-state index contributed by atoms with van der Waals surface area (Å²) in [6.07, 6.45) is 0.796. The van der Waals surface area contributed by atoms with Crippen LogP contribution in [0.15, 0.2) is 66.7 Å². The van der Waals surface area contributed by atoms with Gasteiger partial charge < -0.3 is 20.9 Å². The van der Waals surface area contributed by atoms with E-state index in [1.165, 1.54) is 5.56 Å². The number of nitrogens with two attached hydrogens (primary N) is 1. The molecule has 0 spiro atoms. The van der Waals surface area contributed by atoms with Crippen LogP contribution < -0.4 is 16.0 Å². The summed E-state index contributed by atoms with van der Waals surface area (Å²) in [6.45, 7) is 3.77. The molecule has 1 aliphatic rings. The standard InChI is InChI=1S/C26H27ClN4O2/c1-18-23-16-30(13-12-20(23)10-11-24(18)27)26(33)29-21-8-5-9-22(14-21)31(17-25(28)32)15-19-6-3-2-4-7-19/h2-11,14H,12-13,15-17H2,1H3,(H2,28,32)(H,29,33). The maximum Gasteiger partial charge on any atom is 0.322 e. The van der Waals surface area contributed by atoms with Crippen molar-refractivity contribution >= 4 is 34.9 Å². The van der Waals surface area contributed by atoms with Gasteiger partial charge in [-0.1, -0.05) is 54.1 Å². The molecule has 0 saturated carbocycles. The SMILES string of the molecule is Cc1c(Cl)ccc2c1CN(C(=O)Nc1cccc(N(CC(N)=O)Cc3ccccc3)c1)CC2. The van der Waals surface area contributed by atoms with Crippen LogP contribution in [0.3, 0.4) is 0 Å². The van der Waals surface area contributed by atoms with Crippen molar-refractivity contribution in [3.63, 3.8) is 0 Å². The van der Waals surface area contributed by atoms with E-state index in [1.807, 2.05) is 78.6 Å². The Morgan fingerprint density at radius 2 is 1.88 bits per heavy atom. The van der Waals surface area contributed by atoms with E-state index >= 15 is 0 Å². The van der Waals surface area contributed by atoms with Gasteiger partial charge in [-0.05, 0) is 59.9 Å². The molecule has 3 N–H and O–H groups in total. The van der Waals surface area contributed by atoms with Crippen molar-refractivity contribution in [1.82, 2.24) is 4.90 Å². The number of hydrogen-bond acceptors (Lipinski definition) is 3. The molecule has 0 saturated heterocycles. The number of rotatable bonds is 6. The second kappa shape index (κ2) is 9.96. The molecule has 0 aliphatic carbocycles. The lowest BCUT2D eigenvalue weighted by Crippen LogP contribution is -2.39. The van der Waals surface area contributed by atoms with Gasteiger partial charge in [0.25, 0.3) is 0 Å². The van der Waals surface area contributed by atoms with E-state index in [2.05, 4.69) is 5.32 Å². The molecule has 3 aromatic rings. The number of anilines is 2. The zero-order valence-electron chi connectivity index (χ0n) is 18.6. The highest BCUT2D eigenvalue weighted by Crippen LogP contribution is 2.28. The lowest BCUT2D eigenvalue weighted by Gasteiger charge is -2.30. The molecule has 3 aromatic carbocycles. The Bertz CT molecular complexity index is 1170. The van der Waals surface area contributed by atoms with Crippen LogP contribution in [0.25, 0.3) is 0 Å². The van der Waals surface area contributed by atoms with Crippen LogP contribution in [0, 0.1) is 6.92 Å². The number of amides is 3. The lowest BCUT2D eigenvalue weighted by atomic mass is 9.96. The van der Waals surface area contributed by atoms with Crippen molar-refractivity contribution < 1.29 is 9.59 Å². The largest absolute Gasteiger partial charge is 0.368 e. The Morgan fingerprint density at radius 1 is 1.09 bits per heavy atom. The summed E-state index contributed by atoms with van der Waals surface area (Å²) in [5, 5.41) is 3.72. The van der Waals surface area contributed by atoms with Crippen LogP contribution in [-0.4, -0.2) is 29.9 Å². The average Bonchev–Trinajstić information content (AvgIpc) is 2.81. The zero-order valence-corrected chi connectivity index (χ0v) is 19.3. The van der Waals surface area contributed by atoms with Crippen molar-refractivity contribution in [3.05, 3.63) is 94.0 Å². The Hall–Kier alpha value is -3.51. The normalized spacial score (nSPS) is 12.7. The molecule has 0 bridgehead atoms. The topological polar surface area (TPSA) is 78.7 Å². The highest BCUT2D eigenvalue weighted by molar-refractivity contribution is 6.31. The summed E-state index contributed by atoms with van der Waals surface area (Å²) in [4.78, 5) is 28.4. The molecule has 6 nitrogen and oxygen atoms in total. The van der Waals surface area contributed by atoms with Crippen LogP contribution in [-0.2, 0) is 24.3 Å². The van der Waals surface area contributed by atoms with Gasteiger partial charge >= 0.3 is 6.03 Å². The van der Waals surface area contributed by atoms with E-state index < -0.39 is 5.91 Å².